The second-order valence-electron chi connectivity index (χ2n) is 6.43. The first-order chi connectivity index (χ1) is 8.58. The quantitative estimate of drug-likeness (QED) is 0.753. The molecule has 1 heterocycles. The van der Waals surface area contributed by atoms with Crippen LogP contribution in [0.3, 0.4) is 0 Å². The number of aryl methyl sites for hydroxylation is 2. The van der Waals surface area contributed by atoms with Gasteiger partial charge in [0.15, 0.2) is 0 Å². The Kier molecular flexibility index (Phi) is 4.14. The average Bonchev–Trinajstić information content (AvgIpc) is 2.85. The predicted octanol–water partition coefficient (Wildman–Crippen LogP) is 4.45. The average molecular weight is 248 g/mol. The van der Waals surface area contributed by atoms with Crippen LogP contribution in [0, 0.1) is 5.41 Å². The molecule has 2 heteroatoms. The van der Waals surface area contributed by atoms with Crippen LogP contribution in [-0.2, 0) is 13.5 Å². The second-order valence-corrected chi connectivity index (χ2v) is 6.43. The standard InChI is InChI=1S/C16H28N2/c1-5-7-14-11-15(17-18(14)4)13-8-10-16(3,12-13)9-6-2/h11,13H,5-10,12H2,1-4H3. The molecular weight excluding hydrogens is 220 g/mol. The molecule has 2 unspecified atom stereocenters. The lowest BCUT2D eigenvalue weighted by Crippen LogP contribution is -2.11. The summed E-state index contributed by atoms with van der Waals surface area (Å²) in [6, 6.07) is 2.35. The molecule has 0 bridgehead atoms. The summed E-state index contributed by atoms with van der Waals surface area (Å²) in [6.45, 7) is 7.01. The molecule has 2 atom stereocenters. The lowest BCUT2D eigenvalue weighted by molar-refractivity contribution is 0.300. The van der Waals surface area contributed by atoms with Crippen LogP contribution in [0.25, 0.3) is 0 Å². The summed E-state index contributed by atoms with van der Waals surface area (Å²) in [5.41, 5.74) is 3.32. The SMILES string of the molecule is CCCc1cc(C2CCC(C)(CCC)C2)nn1C. The van der Waals surface area contributed by atoms with E-state index in [-0.39, 0.29) is 0 Å². The Morgan fingerprint density at radius 2 is 2.17 bits per heavy atom. The third kappa shape index (κ3) is 2.78. The van der Waals surface area contributed by atoms with E-state index in [1.165, 1.54) is 49.9 Å². The smallest absolute Gasteiger partial charge is 0.0658 e. The van der Waals surface area contributed by atoms with Crippen molar-refractivity contribution >= 4 is 0 Å². The van der Waals surface area contributed by atoms with Crippen LogP contribution >= 0.6 is 0 Å². The van der Waals surface area contributed by atoms with Crippen molar-refractivity contribution in [3.05, 3.63) is 17.5 Å². The molecule has 0 spiro atoms. The van der Waals surface area contributed by atoms with Crippen molar-refractivity contribution in [3.8, 4) is 0 Å². The summed E-state index contributed by atoms with van der Waals surface area (Å²) in [5.74, 6) is 0.707. The topological polar surface area (TPSA) is 17.8 Å². The maximum atomic E-state index is 4.75. The molecule has 1 aromatic heterocycles. The second kappa shape index (κ2) is 5.46. The fourth-order valence-electron chi connectivity index (χ4n) is 3.62. The van der Waals surface area contributed by atoms with Crippen LogP contribution in [-0.4, -0.2) is 9.78 Å². The van der Waals surface area contributed by atoms with Gasteiger partial charge in [0.1, 0.15) is 0 Å². The van der Waals surface area contributed by atoms with Gasteiger partial charge in [0, 0.05) is 18.7 Å². The van der Waals surface area contributed by atoms with Gasteiger partial charge in [-0.25, -0.2) is 0 Å². The van der Waals surface area contributed by atoms with E-state index in [4.69, 9.17) is 5.10 Å². The summed E-state index contributed by atoms with van der Waals surface area (Å²) < 4.78 is 2.09. The minimum absolute atomic E-state index is 0.571. The first-order valence-corrected chi connectivity index (χ1v) is 7.61. The van der Waals surface area contributed by atoms with Gasteiger partial charge in [0.05, 0.1) is 5.69 Å². The summed E-state index contributed by atoms with van der Waals surface area (Å²) in [4.78, 5) is 0. The molecule has 1 aliphatic rings. The highest BCUT2D eigenvalue weighted by Crippen LogP contribution is 2.48. The number of nitrogens with zero attached hydrogens (tertiary/aromatic N) is 2. The minimum atomic E-state index is 0.571. The highest BCUT2D eigenvalue weighted by molar-refractivity contribution is 5.17. The molecule has 0 saturated heterocycles. The van der Waals surface area contributed by atoms with Gasteiger partial charge in [-0.05, 0) is 43.6 Å². The van der Waals surface area contributed by atoms with E-state index in [1.807, 2.05) is 0 Å². The van der Waals surface area contributed by atoms with Crippen LogP contribution in [0.4, 0.5) is 0 Å². The maximum absolute atomic E-state index is 4.75. The van der Waals surface area contributed by atoms with E-state index in [0.29, 0.717) is 11.3 Å². The predicted molar refractivity (Wildman–Crippen MR) is 76.8 cm³/mol. The van der Waals surface area contributed by atoms with Gasteiger partial charge >= 0.3 is 0 Å². The Hall–Kier alpha value is -0.790. The summed E-state index contributed by atoms with van der Waals surface area (Å²) in [5, 5.41) is 4.75. The van der Waals surface area contributed by atoms with E-state index >= 15 is 0 Å². The minimum Gasteiger partial charge on any atom is -0.272 e. The van der Waals surface area contributed by atoms with Crippen molar-refractivity contribution in [3.63, 3.8) is 0 Å². The van der Waals surface area contributed by atoms with Crippen molar-refractivity contribution in [2.45, 2.75) is 71.6 Å². The van der Waals surface area contributed by atoms with Crippen LogP contribution in [0.1, 0.15) is 76.6 Å². The van der Waals surface area contributed by atoms with Gasteiger partial charge in [-0.15, -0.1) is 0 Å². The van der Waals surface area contributed by atoms with Crippen LogP contribution in [0.15, 0.2) is 6.07 Å². The van der Waals surface area contributed by atoms with E-state index < -0.39 is 0 Å². The zero-order valence-corrected chi connectivity index (χ0v) is 12.5. The molecule has 1 aliphatic carbocycles. The van der Waals surface area contributed by atoms with Crippen LogP contribution in [0.5, 0.6) is 0 Å². The molecular formula is C16H28N2. The molecule has 1 fully saturated rings. The highest BCUT2D eigenvalue weighted by atomic mass is 15.3. The molecule has 0 N–H and O–H groups in total. The maximum Gasteiger partial charge on any atom is 0.0658 e. The lowest BCUT2D eigenvalue weighted by Gasteiger charge is -2.22. The van der Waals surface area contributed by atoms with Crippen LogP contribution < -0.4 is 0 Å². The molecule has 2 nitrogen and oxygen atoms in total. The molecule has 0 amide bonds. The molecule has 0 aromatic carbocycles. The number of hydrogen-bond donors (Lipinski definition) is 0. The fourth-order valence-corrected chi connectivity index (χ4v) is 3.62. The number of aromatic nitrogens is 2. The molecule has 0 radical (unpaired) electrons. The Balaban J connectivity index is 2.07. The number of rotatable bonds is 5. The van der Waals surface area contributed by atoms with E-state index in [0.717, 1.165) is 6.42 Å². The van der Waals surface area contributed by atoms with Gasteiger partial charge in [0.25, 0.3) is 0 Å². The third-order valence-electron chi connectivity index (χ3n) is 4.61. The molecule has 2 rings (SSSR count). The Bertz CT molecular complexity index is 394. The molecule has 1 aromatic rings. The fraction of sp³-hybridized carbons (Fsp3) is 0.812. The highest BCUT2D eigenvalue weighted by Gasteiger charge is 2.36. The lowest BCUT2D eigenvalue weighted by atomic mass is 9.83. The Morgan fingerprint density at radius 3 is 2.83 bits per heavy atom. The van der Waals surface area contributed by atoms with Crippen molar-refractivity contribution in [2.24, 2.45) is 12.5 Å². The van der Waals surface area contributed by atoms with Crippen LogP contribution in [0.2, 0.25) is 0 Å². The van der Waals surface area contributed by atoms with Crippen molar-refractivity contribution in [2.75, 3.05) is 0 Å². The molecule has 0 aliphatic heterocycles. The zero-order chi connectivity index (χ0) is 13.2. The molecule has 18 heavy (non-hydrogen) atoms. The van der Waals surface area contributed by atoms with Gasteiger partial charge in [-0.1, -0.05) is 33.6 Å². The zero-order valence-electron chi connectivity index (χ0n) is 12.5. The van der Waals surface area contributed by atoms with Gasteiger partial charge in [-0.2, -0.15) is 5.10 Å². The first-order valence-electron chi connectivity index (χ1n) is 7.61. The third-order valence-corrected chi connectivity index (χ3v) is 4.61. The Morgan fingerprint density at radius 1 is 1.39 bits per heavy atom. The summed E-state index contributed by atoms with van der Waals surface area (Å²) >= 11 is 0. The first kappa shape index (κ1) is 13.6. The summed E-state index contributed by atoms with van der Waals surface area (Å²) in [6.07, 6.45) is 9.10. The van der Waals surface area contributed by atoms with Gasteiger partial charge in [0.2, 0.25) is 0 Å². The normalized spacial score (nSPS) is 27.9. The summed E-state index contributed by atoms with van der Waals surface area (Å²) in [7, 11) is 2.09. The van der Waals surface area contributed by atoms with Crippen molar-refractivity contribution < 1.29 is 0 Å². The monoisotopic (exact) mass is 248 g/mol. The van der Waals surface area contributed by atoms with Gasteiger partial charge in [-0.3, -0.25) is 4.68 Å². The Labute approximate surface area is 112 Å². The van der Waals surface area contributed by atoms with Crippen molar-refractivity contribution in [1.29, 1.82) is 0 Å². The van der Waals surface area contributed by atoms with E-state index in [1.54, 1.807) is 0 Å². The molecule has 1 saturated carbocycles. The largest absolute Gasteiger partial charge is 0.272 e. The van der Waals surface area contributed by atoms with Crippen molar-refractivity contribution in [1.82, 2.24) is 9.78 Å². The molecule has 102 valence electrons. The van der Waals surface area contributed by atoms with E-state index in [2.05, 4.69) is 38.6 Å². The van der Waals surface area contributed by atoms with E-state index in [9.17, 15) is 0 Å². The number of hydrogen-bond acceptors (Lipinski definition) is 1. The van der Waals surface area contributed by atoms with Gasteiger partial charge < -0.3 is 0 Å².